The standard InChI is InChI=1S/C13H17ClN4O/c1-3-15-13-17-16-12(18(13)4-2)9-19-11-7-5-6-10(14)8-11/h5-8H,3-4,9H2,1-2H3,(H,15,17). The zero-order chi connectivity index (χ0) is 13.7. The van der Waals surface area contributed by atoms with Gasteiger partial charge >= 0.3 is 0 Å². The van der Waals surface area contributed by atoms with Gasteiger partial charge in [0.2, 0.25) is 5.95 Å². The molecule has 0 saturated heterocycles. The first-order chi connectivity index (χ1) is 9.24. The number of anilines is 1. The predicted molar refractivity (Wildman–Crippen MR) is 75.6 cm³/mol. The number of rotatable bonds is 6. The molecule has 102 valence electrons. The first kappa shape index (κ1) is 13.7. The lowest BCUT2D eigenvalue weighted by molar-refractivity contribution is 0.289. The average Bonchev–Trinajstić information content (AvgIpc) is 2.79. The largest absolute Gasteiger partial charge is 0.486 e. The van der Waals surface area contributed by atoms with Gasteiger partial charge in [0.1, 0.15) is 12.4 Å². The van der Waals surface area contributed by atoms with Crippen molar-refractivity contribution < 1.29 is 4.74 Å². The van der Waals surface area contributed by atoms with Crippen LogP contribution in [-0.4, -0.2) is 21.3 Å². The van der Waals surface area contributed by atoms with Crippen molar-refractivity contribution in [3.63, 3.8) is 0 Å². The van der Waals surface area contributed by atoms with Crippen LogP contribution >= 0.6 is 11.6 Å². The fourth-order valence-electron chi connectivity index (χ4n) is 1.77. The molecular weight excluding hydrogens is 264 g/mol. The summed E-state index contributed by atoms with van der Waals surface area (Å²) in [4.78, 5) is 0. The van der Waals surface area contributed by atoms with E-state index in [9.17, 15) is 0 Å². The highest BCUT2D eigenvalue weighted by Crippen LogP contribution is 2.18. The number of benzene rings is 1. The molecule has 1 N–H and O–H groups in total. The van der Waals surface area contributed by atoms with Crippen molar-refractivity contribution in [1.82, 2.24) is 14.8 Å². The number of halogens is 1. The van der Waals surface area contributed by atoms with Crippen LogP contribution < -0.4 is 10.1 Å². The lowest BCUT2D eigenvalue weighted by atomic mass is 10.3. The van der Waals surface area contributed by atoms with Gasteiger partial charge in [-0.15, -0.1) is 10.2 Å². The van der Waals surface area contributed by atoms with Crippen molar-refractivity contribution in [3.8, 4) is 5.75 Å². The lowest BCUT2D eigenvalue weighted by Crippen LogP contribution is -2.10. The Bertz CT molecular complexity index is 541. The van der Waals surface area contributed by atoms with E-state index in [0.29, 0.717) is 11.6 Å². The van der Waals surface area contributed by atoms with Crippen molar-refractivity contribution in [3.05, 3.63) is 35.1 Å². The summed E-state index contributed by atoms with van der Waals surface area (Å²) in [5.41, 5.74) is 0. The summed E-state index contributed by atoms with van der Waals surface area (Å²) >= 11 is 5.91. The third-order valence-corrected chi connectivity index (χ3v) is 2.88. The Morgan fingerprint density at radius 3 is 2.84 bits per heavy atom. The number of nitrogens with one attached hydrogen (secondary N) is 1. The zero-order valence-electron chi connectivity index (χ0n) is 11.1. The third-order valence-electron chi connectivity index (χ3n) is 2.64. The molecule has 19 heavy (non-hydrogen) atoms. The van der Waals surface area contributed by atoms with Gasteiger partial charge in [-0.2, -0.15) is 0 Å². The molecule has 1 aromatic heterocycles. The molecule has 0 amide bonds. The van der Waals surface area contributed by atoms with E-state index in [2.05, 4.69) is 15.5 Å². The fraction of sp³-hybridized carbons (Fsp3) is 0.385. The molecule has 0 aliphatic rings. The number of hydrogen-bond acceptors (Lipinski definition) is 4. The van der Waals surface area contributed by atoms with Gasteiger partial charge in [0, 0.05) is 18.1 Å². The van der Waals surface area contributed by atoms with Crippen LogP contribution in [0.15, 0.2) is 24.3 Å². The molecule has 2 rings (SSSR count). The molecule has 0 saturated carbocycles. The van der Waals surface area contributed by atoms with Crippen LogP contribution in [-0.2, 0) is 13.2 Å². The van der Waals surface area contributed by atoms with Crippen LogP contribution in [0.2, 0.25) is 5.02 Å². The van der Waals surface area contributed by atoms with E-state index in [1.807, 2.05) is 36.6 Å². The molecule has 2 aromatic rings. The number of hydrogen-bond donors (Lipinski definition) is 1. The summed E-state index contributed by atoms with van der Waals surface area (Å²) in [6.45, 7) is 6.05. The van der Waals surface area contributed by atoms with Crippen LogP contribution in [0.3, 0.4) is 0 Å². The van der Waals surface area contributed by atoms with Crippen LogP contribution in [0.4, 0.5) is 5.95 Å². The molecule has 5 nitrogen and oxygen atoms in total. The monoisotopic (exact) mass is 280 g/mol. The van der Waals surface area contributed by atoms with E-state index < -0.39 is 0 Å². The number of nitrogens with zero attached hydrogens (tertiary/aromatic N) is 3. The second-order valence-corrected chi connectivity index (χ2v) is 4.40. The predicted octanol–water partition coefficient (Wildman–Crippen LogP) is 2.96. The van der Waals surface area contributed by atoms with Gasteiger partial charge < -0.3 is 10.1 Å². The minimum absolute atomic E-state index is 0.368. The Morgan fingerprint density at radius 2 is 2.16 bits per heavy atom. The van der Waals surface area contributed by atoms with E-state index in [4.69, 9.17) is 16.3 Å². The Balaban J connectivity index is 2.07. The molecule has 6 heteroatoms. The van der Waals surface area contributed by atoms with Crippen molar-refractivity contribution in [2.45, 2.75) is 27.0 Å². The molecule has 0 fully saturated rings. The number of ether oxygens (including phenoxy) is 1. The SMILES string of the molecule is CCNc1nnc(COc2cccc(Cl)c2)n1CC. The second-order valence-electron chi connectivity index (χ2n) is 3.96. The Kier molecular flexibility index (Phi) is 4.63. The van der Waals surface area contributed by atoms with Crippen LogP contribution in [0.25, 0.3) is 0 Å². The summed E-state index contributed by atoms with van der Waals surface area (Å²) < 4.78 is 7.67. The van der Waals surface area contributed by atoms with Gasteiger partial charge in [0.05, 0.1) is 0 Å². The molecule has 0 radical (unpaired) electrons. The Morgan fingerprint density at radius 1 is 1.32 bits per heavy atom. The minimum Gasteiger partial charge on any atom is -0.486 e. The van der Waals surface area contributed by atoms with Gasteiger partial charge in [-0.25, -0.2) is 0 Å². The van der Waals surface area contributed by atoms with E-state index in [1.165, 1.54) is 0 Å². The molecule has 0 aliphatic carbocycles. The van der Waals surface area contributed by atoms with Gasteiger partial charge in [-0.1, -0.05) is 17.7 Å². The van der Waals surface area contributed by atoms with E-state index in [0.717, 1.165) is 30.6 Å². The van der Waals surface area contributed by atoms with Gasteiger partial charge in [-0.05, 0) is 32.0 Å². The maximum absolute atomic E-state index is 5.91. The van der Waals surface area contributed by atoms with Crippen LogP contribution in [0.5, 0.6) is 5.75 Å². The molecule has 0 atom stereocenters. The molecule has 0 bridgehead atoms. The highest BCUT2D eigenvalue weighted by atomic mass is 35.5. The first-order valence-electron chi connectivity index (χ1n) is 6.29. The van der Waals surface area contributed by atoms with Crippen LogP contribution in [0.1, 0.15) is 19.7 Å². The molecule has 0 unspecified atom stereocenters. The molecule has 0 aliphatic heterocycles. The van der Waals surface area contributed by atoms with E-state index >= 15 is 0 Å². The maximum Gasteiger partial charge on any atom is 0.224 e. The minimum atomic E-state index is 0.368. The molecule has 0 spiro atoms. The quantitative estimate of drug-likeness (QED) is 0.884. The molecule has 1 heterocycles. The Hall–Kier alpha value is -1.75. The van der Waals surface area contributed by atoms with Crippen molar-refractivity contribution >= 4 is 17.5 Å². The molecule has 1 aromatic carbocycles. The van der Waals surface area contributed by atoms with E-state index in [1.54, 1.807) is 6.07 Å². The summed E-state index contributed by atoms with van der Waals surface area (Å²) in [6.07, 6.45) is 0. The summed E-state index contributed by atoms with van der Waals surface area (Å²) in [6, 6.07) is 7.31. The van der Waals surface area contributed by atoms with Crippen molar-refractivity contribution in [1.29, 1.82) is 0 Å². The zero-order valence-corrected chi connectivity index (χ0v) is 11.8. The summed E-state index contributed by atoms with van der Waals surface area (Å²) in [5, 5.41) is 12.1. The maximum atomic E-state index is 5.91. The van der Waals surface area contributed by atoms with Crippen molar-refractivity contribution in [2.75, 3.05) is 11.9 Å². The average molecular weight is 281 g/mol. The summed E-state index contributed by atoms with van der Waals surface area (Å²) in [5.74, 6) is 2.29. The second kappa shape index (κ2) is 6.43. The van der Waals surface area contributed by atoms with E-state index in [-0.39, 0.29) is 0 Å². The normalized spacial score (nSPS) is 10.5. The van der Waals surface area contributed by atoms with Gasteiger partial charge in [-0.3, -0.25) is 4.57 Å². The third kappa shape index (κ3) is 3.38. The Labute approximate surface area is 117 Å². The molecular formula is C13H17ClN4O. The topological polar surface area (TPSA) is 52.0 Å². The fourth-order valence-corrected chi connectivity index (χ4v) is 1.95. The van der Waals surface area contributed by atoms with Crippen molar-refractivity contribution in [2.24, 2.45) is 0 Å². The first-order valence-corrected chi connectivity index (χ1v) is 6.66. The lowest BCUT2D eigenvalue weighted by Gasteiger charge is -2.09. The van der Waals surface area contributed by atoms with Crippen LogP contribution in [0, 0.1) is 0 Å². The summed E-state index contributed by atoms with van der Waals surface area (Å²) in [7, 11) is 0. The smallest absolute Gasteiger partial charge is 0.224 e. The highest BCUT2D eigenvalue weighted by Gasteiger charge is 2.10. The van der Waals surface area contributed by atoms with Gasteiger partial charge in [0.25, 0.3) is 0 Å². The van der Waals surface area contributed by atoms with Gasteiger partial charge in [0.15, 0.2) is 5.82 Å². The highest BCUT2D eigenvalue weighted by molar-refractivity contribution is 6.30. The number of aromatic nitrogens is 3.